The van der Waals surface area contributed by atoms with E-state index < -0.39 is 55.2 Å². The number of hydrogen-bond acceptors (Lipinski definition) is 8. The molecule has 9 heteroatoms. The molecule has 0 saturated carbocycles. The van der Waals surface area contributed by atoms with E-state index in [9.17, 15) is 30.0 Å². The molecule has 182 valence electrons. The number of aliphatic hydroxyl groups is 4. The third-order valence-electron chi connectivity index (χ3n) is 5.54. The van der Waals surface area contributed by atoms with Gasteiger partial charge in [-0.3, -0.25) is 9.59 Å². The molecule has 1 unspecified atom stereocenters. The van der Waals surface area contributed by atoms with Crippen molar-refractivity contribution in [2.24, 2.45) is 0 Å². The summed E-state index contributed by atoms with van der Waals surface area (Å²) in [6, 6.07) is -1.19. The minimum Gasteiger partial charge on any atom is -0.433 e. The lowest BCUT2D eigenvalue weighted by Crippen LogP contribution is -2.64. The van der Waals surface area contributed by atoms with Crippen molar-refractivity contribution in [3.05, 3.63) is 0 Å². The lowest BCUT2D eigenvalue weighted by molar-refractivity contribution is -0.264. The van der Waals surface area contributed by atoms with Crippen molar-refractivity contribution in [1.29, 1.82) is 0 Å². The smallest absolute Gasteiger partial charge is 0.310 e. The first kappa shape index (κ1) is 27.8. The summed E-state index contributed by atoms with van der Waals surface area (Å²) in [6.45, 7) is 2.82. The van der Waals surface area contributed by atoms with E-state index in [1.165, 1.54) is 45.4 Å². The molecule has 1 heterocycles. The van der Waals surface area contributed by atoms with Gasteiger partial charge in [-0.05, 0) is 6.42 Å². The number of carbonyl (C=O) groups is 2. The fourth-order valence-electron chi connectivity index (χ4n) is 3.73. The van der Waals surface area contributed by atoms with Gasteiger partial charge in [0.15, 0.2) is 0 Å². The second-order valence-corrected chi connectivity index (χ2v) is 8.40. The summed E-state index contributed by atoms with van der Waals surface area (Å²) in [5, 5.41) is 42.0. The van der Waals surface area contributed by atoms with Crippen molar-refractivity contribution >= 4 is 11.9 Å². The van der Waals surface area contributed by atoms with E-state index in [4.69, 9.17) is 9.47 Å². The van der Waals surface area contributed by atoms with Gasteiger partial charge in [0.05, 0.1) is 19.1 Å². The largest absolute Gasteiger partial charge is 0.433 e. The predicted molar refractivity (Wildman–Crippen MR) is 114 cm³/mol. The molecule has 0 bridgehead atoms. The van der Waals surface area contributed by atoms with Crippen LogP contribution >= 0.6 is 0 Å². The molecule has 0 aliphatic carbocycles. The standard InChI is InChI=1S/C22H41NO8/c1-3-4-5-6-7-8-9-10-11-12-16(26)13-18(27)31-22-19(23-15(2)25)21(29)20(28)17(14-24)30-22/h16-17,19-22,24,26,28-29H,3-14H2,1-2H3,(H,23,25)/t16-,17-,19-,20-,21-,22?/m1/s1. The average Bonchev–Trinajstić information content (AvgIpc) is 2.71. The van der Waals surface area contributed by atoms with Crippen LogP contribution in [0, 0.1) is 0 Å². The van der Waals surface area contributed by atoms with Gasteiger partial charge in [-0.15, -0.1) is 0 Å². The molecule has 1 fully saturated rings. The third-order valence-corrected chi connectivity index (χ3v) is 5.54. The van der Waals surface area contributed by atoms with Crippen LogP contribution in [0.25, 0.3) is 0 Å². The van der Waals surface area contributed by atoms with Crippen molar-refractivity contribution in [1.82, 2.24) is 5.32 Å². The molecule has 5 N–H and O–H groups in total. The number of ether oxygens (including phenoxy) is 2. The Morgan fingerprint density at radius 2 is 1.58 bits per heavy atom. The number of aliphatic hydroxyl groups excluding tert-OH is 4. The van der Waals surface area contributed by atoms with Gasteiger partial charge in [-0.2, -0.15) is 0 Å². The van der Waals surface area contributed by atoms with E-state index in [2.05, 4.69) is 12.2 Å². The topological polar surface area (TPSA) is 146 Å². The summed E-state index contributed by atoms with van der Waals surface area (Å²) >= 11 is 0. The van der Waals surface area contributed by atoms with E-state index in [0.717, 1.165) is 19.3 Å². The zero-order valence-electron chi connectivity index (χ0n) is 18.9. The lowest BCUT2D eigenvalue weighted by Gasteiger charge is -2.41. The van der Waals surface area contributed by atoms with E-state index in [-0.39, 0.29) is 6.42 Å². The first-order valence-corrected chi connectivity index (χ1v) is 11.6. The van der Waals surface area contributed by atoms with Gasteiger partial charge in [0.1, 0.15) is 24.4 Å². The van der Waals surface area contributed by atoms with Gasteiger partial charge in [0.2, 0.25) is 12.2 Å². The molecule has 0 aromatic carbocycles. The fourth-order valence-corrected chi connectivity index (χ4v) is 3.73. The van der Waals surface area contributed by atoms with Crippen molar-refractivity contribution in [2.75, 3.05) is 6.61 Å². The molecule has 0 aromatic heterocycles. The Balaban J connectivity index is 2.35. The Morgan fingerprint density at radius 3 is 2.13 bits per heavy atom. The highest BCUT2D eigenvalue weighted by molar-refractivity contribution is 5.73. The molecule has 9 nitrogen and oxygen atoms in total. The van der Waals surface area contributed by atoms with Gasteiger partial charge < -0.3 is 35.2 Å². The van der Waals surface area contributed by atoms with Crippen LogP contribution in [0.4, 0.5) is 0 Å². The number of nitrogens with one attached hydrogen (secondary N) is 1. The van der Waals surface area contributed by atoms with Crippen LogP contribution in [0.5, 0.6) is 0 Å². The normalized spacial score (nSPS) is 27.0. The minimum atomic E-state index is -1.49. The summed E-state index contributed by atoms with van der Waals surface area (Å²) in [7, 11) is 0. The zero-order chi connectivity index (χ0) is 23.2. The van der Waals surface area contributed by atoms with Crippen molar-refractivity contribution in [3.63, 3.8) is 0 Å². The first-order chi connectivity index (χ1) is 14.8. The van der Waals surface area contributed by atoms with Crippen LogP contribution in [0.1, 0.15) is 84.5 Å². The van der Waals surface area contributed by atoms with Gasteiger partial charge >= 0.3 is 5.97 Å². The molecule has 0 spiro atoms. The number of unbranched alkanes of at least 4 members (excludes halogenated alkanes) is 8. The third kappa shape index (κ3) is 10.7. The highest BCUT2D eigenvalue weighted by Gasteiger charge is 2.46. The molecule has 31 heavy (non-hydrogen) atoms. The molecule has 1 aliphatic rings. The number of rotatable bonds is 15. The van der Waals surface area contributed by atoms with Crippen molar-refractivity contribution < 1.29 is 39.5 Å². The van der Waals surface area contributed by atoms with E-state index >= 15 is 0 Å². The molecule has 1 saturated heterocycles. The maximum Gasteiger partial charge on any atom is 0.310 e. The molecule has 1 rings (SSSR count). The molecule has 0 aromatic rings. The van der Waals surface area contributed by atoms with E-state index in [0.29, 0.717) is 6.42 Å². The van der Waals surface area contributed by atoms with Gasteiger partial charge in [0, 0.05) is 6.92 Å². The number of esters is 1. The molecule has 0 radical (unpaired) electrons. The predicted octanol–water partition coefficient (Wildman–Crippen LogP) is 1.15. The second-order valence-electron chi connectivity index (χ2n) is 8.40. The summed E-state index contributed by atoms with van der Waals surface area (Å²) < 4.78 is 10.5. The summed E-state index contributed by atoms with van der Waals surface area (Å²) in [6.07, 6.45) is 4.34. The average molecular weight is 448 g/mol. The van der Waals surface area contributed by atoms with Crippen molar-refractivity contribution in [3.8, 4) is 0 Å². The van der Waals surface area contributed by atoms with E-state index in [1.54, 1.807) is 0 Å². The van der Waals surface area contributed by atoms with Crippen molar-refractivity contribution in [2.45, 2.75) is 121 Å². The van der Waals surface area contributed by atoms with Crippen LogP contribution in [-0.2, 0) is 19.1 Å². The Bertz CT molecular complexity index is 518. The Morgan fingerprint density at radius 1 is 1.00 bits per heavy atom. The molecular weight excluding hydrogens is 406 g/mol. The Kier molecular flexibility index (Phi) is 13.9. The van der Waals surface area contributed by atoms with Crippen LogP contribution in [0.15, 0.2) is 0 Å². The molecule has 1 amide bonds. The summed E-state index contributed by atoms with van der Waals surface area (Å²) in [4.78, 5) is 23.6. The van der Waals surface area contributed by atoms with E-state index in [1.807, 2.05) is 0 Å². The quantitative estimate of drug-likeness (QED) is 0.186. The number of hydrogen-bond donors (Lipinski definition) is 5. The number of carbonyl (C=O) groups excluding carboxylic acids is 2. The highest BCUT2D eigenvalue weighted by Crippen LogP contribution is 2.23. The van der Waals surface area contributed by atoms with Crippen LogP contribution < -0.4 is 5.32 Å². The van der Waals surface area contributed by atoms with Gasteiger partial charge in [0.25, 0.3) is 0 Å². The van der Waals surface area contributed by atoms with Gasteiger partial charge in [-0.1, -0.05) is 64.7 Å². The maximum absolute atomic E-state index is 12.2. The summed E-state index contributed by atoms with van der Waals surface area (Å²) in [5.74, 6) is -1.25. The Labute approximate surface area is 185 Å². The molecular formula is C22H41NO8. The fraction of sp³-hybridized carbons (Fsp3) is 0.909. The minimum absolute atomic E-state index is 0.244. The highest BCUT2D eigenvalue weighted by atomic mass is 16.7. The molecule has 1 aliphatic heterocycles. The van der Waals surface area contributed by atoms with Crippen LogP contribution in [0.3, 0.4) is 0 Å². The molecule has 6 atom stereocenters. The zero-order valence-corrected chi connectivity index (χ0v) is 18.9. The lowest BCUT2D eigenvalue weighted by atomic mass is 9.97. The SMILES string of the molecule is CCCCCCCCCCC[C@@H](O)CC(=O)OC1O[C@H](CO)[C@@H](O)[C@H](O)[C@H]1NC(C)=O. The first-order valence-electron chi connectivity index (χ1n) is 11.6. The maximum atomic E-state index is 12.2. The van der Waals surface area contributed by atoms with Gasteiger partial charge in [-0.25, -0.2) is 0 Å². The second kappa shape index (κ2) is 15.5. The Hall–Kier alpha value is -1.26. The number of amides is 1. The monoisotopic (exact) mass is 447 g/mol. The van der Waals surface area contributed by atoms with Crippen LogP contribution in [-0.4, -0.2) is 75.7 Å². The van der Waals surface area contributed by atoms with Crippen LogP contribution in [0.2, 0.25) is 0 Å². The summed E-state index contributed by atoms with van der Waals surface area (Å²) in [5.41, 5.74) is 0.